The zero-order valence-corrected chi connectivity index (χ0v) is 17.7. The molecule has 9 unspecified atom stereocenters. The quantitative estimate of drug-likeness (QED) is 0.485. The van der Waals surface area contributed by atoms with Crippen molar-refractivity contribution in [3.8, 4) is 0 Å². The molecule has 0 amide bonds. The second-order valence-corrected chi connectivity index (χ2v) is 10.8. The van der Waals surface area contributed by atoms with Crippen molar-refractivity contribution in [1.29, 1.82) is 0 Å². The van der Waals surface area contributed by atoms with Crippen LogP contribution >= 0.6 is 0 Å². The van der Waals surface area contributed by atoms with Crippen molar-refractivity contribution in [2.24, 2.45) is 40.4 Å². The fraction of sp³-hybridized carbons (Fsp3) is 0.833. The van der Waals surface area contributed by atoms with E-state index in [1.165, 1.54) is 25.3 Å². The van der Waals surface area contributed by atoms with E-state index in [9.17, 15) is 9.59 Å². The van der Waals surface area contributed by atoms with Gasteiger partial charge in [-0.2, -0.15) is 0 Å². The number of fused-ring (bicyclic) bond motifs is 7. The lowest BCUT2D eigenvalue weighted by atomic mass is 9.47. The van der Waals surface area contributed by atoms with Crippen LogP contribution in [0.2, 0.25) is 0 Å². The summed E-state index contributed by atoms with van der Waals surface area (Å²) < 4.78 is 11.4. The minimum atomic E-state index is -0.155. The van der Waals surface area contributed by atoms with E-state index in [-0.39, 0.29) is 40.9 Å². The Morgan fingerprint density at radius 1 is 1.21 bits per heavy atom. The number of hydrogen-bond acceptors (Lipinski definition) is 4. The molecule has 0 bridgehead atoms. The Morgan fingerprint density at radius 3 is 2.75 bits per heavy atom. The lowest BCUT2D eigenvalue weighted by Gasteiger charge is -2.58. The summed E-state index contributed by atoms with van der Waals surface area (Å²) in [7, 11) is 0. The summed E-state index contributed by atoms with van der Waals surface area (Å²) >= 11 is 0. The fourth-order valence-electron chi connectivity index (χ4n) is 8.41. The highest BCUT2D eigenvalue weighted by atomic mass is 16.6. The molecule has 1 saturated heterocycles. The molecule has 0 aromatic carbocycles. The minimum Gasteiger partial charge on any atom is -0.462 e. The maximum absolute atomic E-state index is 12.2. The Bertz CT molecular complexity index is 741. The predicted molar refractivity (Wildman–Crippen MR) is 105 cm³/mol. The van der Waals surface area contributed by atoms with Crippen LogP contribution in [0.15, 0.2) is 11.6 Å². The lowest BCUT2D eigenvalue weighted by molar-refractivity contribution is -0.148. The van der Waals surface area contributed by atoms with Crippen molar-refractivity contribution in [2.45, 2.75) is 84.8 Å². The SMILES string of the molecule is CC(=O)OC1CCC2(C)C(=CCC3C2CCC2(C)C3CC3OC(=O)C(C)C32)C1. The van der Waals surface area contributed by atoms with Crippen LogP contribution in [0.5, 0.6) is 0 Å². The summed E-state index contributed by atoms with van der Waals surface area (Å²) in [5, 5.41) is 0. The number of carbonyl (C=O) groups is 2. The van der Waals surface area contributed by atoms with E-state index in [0.717, 1.165) is 32.1 Å². The molecule has 0 radical (unpaired) electrons. The number of allylic oxidation sites excluding steroid dienone is 1. The molecule has 1 heterocycles. The topological polar surface area (TPSA) is 52.6 Å². The Labute approximate surface area is 168 Å². The second-order valence-electron chi connectivity index (χ2n) is 10.8. The van der Waals surface area contributed by atoms with Crippen LogP contribution < -0.4 is 0 Å². The molecule has 4 aliphatic carbocycles. The maximum Gasteiger partial charge on any atom is 0.309 e. The summed E-state index contributed by atoms with van der Waals surface area (Å²) in [5.74, 6) is 2.42. The van der Waals surface area contributed by atoms with Crippen molar-refractivity contribution < 1.29 is 19.1 Å². The van der Waals surface area contributed by atoms with E-state index < -0.39 is 0 Å². The summed E-state index contributed by atoms with van der Waals surface area (Å²) in [6.45, 7) is 8.53. The van der Waals surface area contributed by atoms with Crippen LogP contribution in [0, 0.1) is 40.4 Å². The molecule has 9 atom stereocenters. The Morgan fingerprint density at radius 2 is 2.00 bits per heavy atom. The average Bonchev–Trinajstić information content (AvgIpc) is 3.08. The molecule has 4 fully saturated rings. The van der Waals surface area contributed by atoms with Crippen LogP contribution in [-0.2, 0) is 19.1 Å². The van der Waals surface area contributed by atoms with Crippen LogP contribution in [0.25, 0.3) is 0 Å². The Kier molecular flexibility index (Phi) is 4.07. The molecule has 3 saturated carbocycles. The van der Waals surface area contributed by atoms with Crippen molar-refractivity contribution in [2.75, 3.05) is 0 Å². The highest BCUT2D eigenvalue weighted by molar-refractivity contribution is 5.75. The number of esters is 2. The van der Waals surface area contributed by atoms with Gasteiger partial charge in [0, 0.05) is 19.3 Å². The van der Waals surface area contributed by atoms with Gasteiger partial charge in [-0.15, -0.1) is 0 Å². The van der Waals surface area contributed by atoms with Gasteiger partial charge in [-0.25, -0.2) is 0 Å². The van der Waals surface area contributed by atoms with Gasteiger partial charge in [0.05, 0.1) is 5.92 Å². The van der Waals surface area contributed by atoms with Gasteiger partial charge >= 0.3 is 11.9 Å². The third kappa shape index (κ3) is 2.42. The van der Waals surface area contributed by atoms with E-state index in [1.54, 1.807) is 0 Å². The number of hydrogen-bond donors (Lipinski definition) is 0. The zero-order chi connectivity index (χ0) is 19.8. The van der Waals surface area contributed by atoms with Crippen molar-refractivity contribution in [1.82, 2.24) is 0 Å². The molecule has 0 aromatic rings. The molecule has 28 heavy (non-hydrogen) atoms. The van der Waals surface area contributed by atoms with Gasteiger partial charge < -0.3 is 9.47 Å². The first kappa shape index (κ1) is 18.7. The van der Waals surface area contributed by atoms with Gasteiger partial charge in [-0.05, 0) is 67.1 Å². The molecule has 4 nitrogen and oxygen atoms in total. The van der Waals surface area contributed by atoms with E-state index in [0.29, 0.717) is 23.7 Å². The highest BCUT2D eigenvalue weighted by Gasteiger charge is 2.65. The van der Waals surface area contributed by atoms with Gasteiger partial charge in [0.2, 0.25) is 0 Å². The average molecular weight is 387 g/mol. The largest absolute Gasteiger partial charge is 0.462 e. The van der Waals surface area contributed by atoms with E-state index in [2.05, 4.69) is 26.8 Å². The maximum atomic E-state index is 12.2. The van der Waals surface area contributed by atoms with Crippen molar-refractivity contribution in [3.05, 3.63) is 11.6 Å². The van der Waals surface area contributed by atoms with Crippen LogP contribution in [0.3, 0.4) is 0 Å². The summed E-state index contributed by atoms with van der Waals surface area (Å²) in [6.07, 6.45) is 10.4. The smallest absolute Gasteiger partial charge is 0.309 e. The summed E-state index contributed by atoms with van der Waals surface area (Å²) in [5.41, 5.74) is 2.03. The molecular formula is C24H34O4. The summed E-state index contributed by atoms with van der Waals surface area (Å²) in [4.78, 5) is 23.6. The molecule has 4 heteroatoms. The minimum absolute atomic E-state index is 0.0263. The van der Waals surface area contributed by atoms with Gasteiger partial charge in [0.1, 0.15) is 12.2 Å². The third-order valence-electron chi connectivity index (χ3n) is 9.66. The first-order valence-corrected chi connectivity index (χ1v) is 11.3. The van der Waals surface area contributed by atoms with Crippen LogP contribution in [0.4, 0.5) is 0 Å². The lowest BCUT2D eigenvalue weighted by Crippen LogP contribution is -2.51. The second kappa shape index (κ2) is 6.09. The molecule has 5 rings (SSSR count). The molecular weight excluding hydrogens is 352 g/mol. The van der Waals surface area contributed by atoms with Crippen LogP contribution in [-0.4, -0.2) is 24.1 Å². The number of ether oxygens (including phenoxy) is 2. The number of rotatable bonds is 1. The molecule has 0 spiro atoms. The monoisotopic (exact) mass is 386 g/mol. The van der Waals surface area contributed by atoms with Crippen molar-refractivity contribution in [3.63, 3.8) is 0 Å². The first-order chi connectivity index (χ1) is 13.2. The van der Waals surface area contributed by atoms with Crippen LogP contribution in [0.1, 0.15) is 72.6 Å². The Hall–Kier alpha value is -1.32. The molecule has 1 aliphatic heterocycles. The van der Waals surface area contributed by atoms with Gasteiger partial charge in [0.15, 0.2) is 0 Å². The fourth-order valence-corrected chi connectivity index (χ4v) is 8.41. The normalized spacial score (nSPS) is 51.9. The zero-order valence-electron chi connectivity index (χ0n) is 17.7. The molecule has 0 aromatic heterocycles. The van der Waals surface area contributed by atoms with E-state index in [4.69, 9.17) is 9.47 Å². The predicted octanol–water partition coefficient (Wildman–Crippen LogP) is 4.67. The van der Waals surface area contributed by atoms with Gasteiger partial charge in [-0.3, -0.25) is 9.59 Å². The van der Waals surface area contributed by atoms with Gasteiger partial charge in [-0.1, -0.05) is 32.4 Å². The molecule has 0 N–H and O–H groups in total. The third-order valence-corrected chi connectivity index (χ3v) is 9.66. The first-order valence-electron chi connectivity index (χ1n) is 11.3. The highest BCUT2D eigenvalue weighted by Crippen LogP contribution is 2.68. The summed E-state index contributed by atoms with van der Waals surface area (Å²) in [6, 6.07) is 0. The van der Waals surface area contributed by atoms with E-state index in [1.807, 2.05) is 0 Å². The Balaban J connectivity index is 1.42. The standard InChI is InChI=1S/C24H34O4/c1-13-21-20(28-22(13)26)12-19-17-6-5-15-11-16(27-14(2)25)7-9-23(15,3)18(17)8-10-24(19,21)4/h5,13,16-21H,6-12H2,1-4H3. The molecule has 5 aliphatic rings. The van der Waals surface area contributed by atoms with E-state index >= 15 is 0 Å². The van der Waals surface area contributed by atoms with Crippen molar-refractivity contribution >= 4 is 11.9 Å². The molecule has 154 valence electrons. The van der Waals surface area contributed by atoms with Gasteiger partial charge in [0.25, 0.3) is 0 Å². The number of carbonyl (C=O) groups excluding carboxylic acids is 2.